The van der Waals surface area contributed by atoms with Gasteiger partial charge in [-0.3, -0.25) is 4.79 Å². The molecule has 1 aromatic rings. The summed E-state index contributed by atoms with van der Waals surface area (Å²) in [6.45, 7) is 8.53. The molecular formula is C14H22N4O3. The van der Waals surface area contributed by atoms with Crippen LogP contribution in [0.3, 0.4) is 0 Å². The quantitative estimate of drug-likeness (QED) is 0.867. The molecule has 0 radical (unpaired) electrons. The van der Waals surface area contributed by atoms with E-state index in [-0.39, 0.29) is 11.9 Å². The molecule has 116 valence electrons. The number of aromatic nitrogens is 2. The molecule has 1 N–H and O–H groups in total. The van der Waals surface area contributed by atoms with Gasteiger partial charge in [-0.15, -0.1) is 0 Å². The highest BCUT2D eigenvalue weighted by atomic mass is 16.5. The van der Waals surface area contributed by atoms with Gasteiger partial charge < -0.3 is 19.7 Å². The van der Waals surface area contributed by atoms with Gasteiger partial charge >= 0.3 is 0 Å². The predicted octanol–water partition coefficient (Wildman–Crippen LogP) is 0.843. The van der Waals surface area contributed by atoms with Crippen LogP contribution in [0, 0.1) is 6.92 Å². The van der Waals surface area contributed by atoms with Gasteiger partial charge in [0.1, 0.15) is 17.7 Å². The molecule has 1 aromatic heterocycles. The second-order valence-corrected chi connectivity index (χ2v) is 4.88. The minimum Gasteiger partial charge on any atom is -0.478 e. The van der Waals surface area contributed by atoms with E-state index >= 15 is 0 Å². The van der Waals surface area contributed by atoms with Gasteiger partial charge in [-0.2, -0.15) is 4.98 Å². The lowest BCUT2D eigenvalue weighted by atomic mass is 10.2. The number of hydrogen-bond acceptors (Lipinski definition) is 6. The molecule has 2 heterocycles. The Hall–Kier alpha value is -1.89. The average molecular weight is 294 g/mol. The molecule has 0 bridgehead atoms. The number of anilines is 1. The molecule has 1 aliphatic heterocycles. The van der Waals surface area contributed by atoms with Crippen LogP contribution in [0.2, 0.25) is 0 Å². The van der Waals surface area contributed by atoms with Gasteiger partial charge in [0, 0.05) is 19.2 Å². The van der Waals surface area contributed by atoms with E-state index in [2.05, 4.69) is 15.3 Å². The van der Waals surface area contributed by atoms with E-state index < -0.39 is 0 Å². The molecule has 0 aromatic carbocycles. The summed E-state index contributed by atoms with van der Waals surface area (Å²) in [6.07, 6.45) is 0. The standard InChI is InChI=1S/C14H22N4O3/c1-4-21-13-9-12(16-11(3)17-13)15-10(2)14(19)18-5-7-20-8-6-18/h9-10H,4-8H2,1-3H3,(H,15,16,17). The zero-order valence-electron chi connectivity index (χ0n) is 12.8. The van der Waals surface area contributed by atoms with E-state index in [4.69, 9.17) is 9.47 Å². The van der Waals surface area contributed by atoms with Gasteiger partial charge in [0.15, 0.2) is 0 Å². The highest BCUT2D eigenvalue weighted by Crippen LogP contribution is 2.15. The van der Waals surface area contributed by atoms with Crippen LogP contribution in [0.25, 0.3) is 0 Å². The lowest BCUT2D eigenvalue weighted by molar-refractivity contribution is -0.135. The molecule has 0 saturated carbocycles. The van der Waals surface area contributed by atoms with Crippen molar-refractivity contribution in [1.82, 2.24) is 14.9 Å². The third kappa shape index (κ3) is 4.29. The third-order valence-corrected chi connectivity index (χ3v) is 3.16. The minimum atomic E-state index is -0.355. The molecule has 7 heteroatoms. The maximum atomic E-state index is 12.3. The number of ether oxygens (including phenoxy) is 2. The Balaban J connectivity index is 2.01. The summed E-state index contributed by atoms with van der Waals surface area (Å²) in [4.78, 5) is 22.6. The van der Waals surface area contributed by atoms with E-state index in [9.17, 15) is 4.79 Å². The Morgan fingerprint density at radius 3 is 2.86 bits per heavy atom. The number of aryl methyl sites for hydroxylation is 1. The Morgan fingerprint density at radius 1 is 1.48 bits per heavy atom. The van der Waals surface area contributed by atoms with Crippen molar-refractivity contribution < 1.29 is 14.3 Å². The summed E-state index contributed by atoms with van der Waals surface area (Å²) in [5, 5.41) is 3.12. The number of amides is 1. The first-order valence-corrected chi connectivity index (χ1v) is 7.21. The van der Waals surface area contributed by atoms with Crippen LogP contribution in [0.15, 0.2) is 6.07 Å². The number of carbonyl (C=O) groups is 1. The molecule has 1 unspecified atom stereocenters. The largest absolute Gasteiger partial charge is 0.478 e. The lowest BCUT2D eigenvalue weighted by Gasteiger charge is -2.29. The number of morpholine rings is 1. The summed E-state index contributed by atoms with van der Waals surface area (Å²) >= 11 is 0. The van der Waals surface area contributed by atoms with Gasteiger partial charge in [-0.05, 0) is 20.8 Å². The molecule has 1 fully saturated rings. The molecule has 1 amide bonds. The number of hydrogen-bond donors (Lipinski definition) is 1. The number of nitrogens with one attached hydrogen (secondary N) is 1. The second kappa shape index (κ2) is 7.21. The number of rotatable bonds is 5. The molecule has 21 heavy (non-hydrogen) atoms. The van der Waals surface area contributed by atoms with E-state index in [1.54, 1.807) is 17.9 Å². The van der Waals surface area contributed by atoms with Gasteiger partial charge in [0.25, 0.3) is 0 Å². The molecule has 1 atom stereocenters. The van der Waals surface area contributed by atoms with Gasteiger partial charge in [-0.1, -0.05) is 0 Å². The fraction of sp³-hybridized carbons (Fsp3) is 0.643. The lowest BCUT2D eigenvalue weighted by Crippen LogP contribution is -2.47. The van der Waals surface area contributed by atoms with E-state index in [1.807, 2.05) is 13.8 Å². The number of nitrogens with zero attached hydrogens (tertiary/aromatic N) is 3. The number of carbonyl (C=O) groups excluding carboxylic acids is 1. The van der Waals surface area contributed by atoms with Crippen molar-refractivity contribution in [3.8, 4) is 5.88 Å². The van der Waals surface area contributed by atoms with Crippen molar-refractivity contribution in [2.45, 2.75) is 26.8 Å². The van der Waals surface area contributed by atoms with Crippen LogP contribution in [-0.4, -0.2) is 59.7 Å². The van der Waals surface area contributed by atoms with Crippen molar-refractivity contribution in [2.75, 3.05) is 38.2 Å². The van der Waals surface area contributed by atoms with E-state index in [0.717, 1.165) is 0 Å². The smallest absolute Gasteiger partial charge is 0.244 e. The van der Waals surface area contributed by atoms with Crippen LogP contribution < -0.4 is 10.1 Å². The first kappa shape index (κ1) is 15.5. The van der Waals surface area contributed by atoms with Crippen LogP contribution in [0.1, 0.15) is 19.7 Å². The van der Waals surface area contributed by atoms with Crippen LogP contribution in [0.5, 0.6) is 5.88 Å². The van der Waals surface area contributed by atoms with E-state index in [0.29, 0.717) is 50.4 Å². The molecule has 1 saturated heterocycles. The molecule has 0 spiro atoms. The summed E-state index contributed by atoms with van der Waals surface area (Å²) in [5.74, 6) is 1.76. The first-order valence-electron chi connectivity index (χ1n) is 7.21. The van der Waals surface area contributed by atoms with Crippen molar-refractivity contribution in [2.24, 2.45) is 0 Å². The third-order valence-electron chi connectivity index (χ3n) is 3.16. The second-order valence-electron chi connectivity index (χ2n) is 4.88. The molecule has 1 aliphatic rings. The zero-order chi connectivity index (χ0) is 15.2. The zero-order valence-corrected chi connectivity index (χ0v) is 12.8. The van der Waals surface area contributed by atoms with Crippen LogP contribution in [-0.2, 0) is 9.53 Å². The Kier molecular flexibility index (Phi) is 5.32. The summed E-state index contributed by atoms with van der Waals surface area (Å²) in [5.41, 5.74) is 0. The van der Waals surface area contributed by atoms with Gasteiger partial charge in [-0.25, -0.2) is 4.98 Å². The fourth-order valence-corrected chi connectivity index (χ4v) is 2.18. The Morgan fingerprint density at radius 2 is 2.19 bits per heavy atom. The molecule has 0 aliphatic carbocycles. The predicted molar refractivity (Wildman–Crippen MR) is 78.4 cm³/mol. The SMILES string of the molecule is CCOc1cc(NC(C)C(=O)N2CCOCC2)nc(C)n1. The highest BCUT2D eigenvalue weighted by molar-refractivity contribution is 5.84. The van der Waals surface area contributed by atoms with Gasteiger partial charge in [0.2, 0.25) is 11.8 Å². The summed E-state index contributed by atoms with van der Waals surface area (Å²) < 4.78 is 10.6. The van der Waals surface area contributed by atoms with Crippen molar-refractivity contribution in [3.05, 3.63) is 11.9 Å². The van der Waals surface area contributed by atoms with Crippen molar-refractivity contribution in [3.63, 3.8) is 0 Å². The molecule has 2 rings (SSSR count). The van der Waals surface area contributed by atoms with E-state index in [1.165, 1.54) is 0 Å². The Labute approximate surface area is 124 Å². The van der Waals surface area contributed by atoms with Crippen molar-refractivity contribution in [1.29, 1.82) is 0 Å². The minimum absolute atomic E-state index is 0.0486. The monoisotopic (exact) mass is 294 g/mol. The Bertz CT molecular complexity index is 489. The normalized spacial score (nSPS) is 16.4. The maximum Gasteiger partial charge on any atom is 0.244 e. The topological polar surface area (TPSA) is 76.6 Å². The first-order chi connectivity index (χ1) is 10.1. The summed E-state index contributed by atoms with van der Waals surface area (Å²) in [7, 11) is 0. The molecular weight excluding hydrogens is 272 g/mol. The summed E-state index contributed by atoms with van der Waals surface area (Å²) in [6, 6.07) is 1.35. The van der Waals surface area contributed by atoms with Crippen LogP contribution >= 0.6 is 0 Å². The fourth-order valence-electron chi connectivity index (χ4n) is 2.18. The maximum absolute atomic E-state index is 12.3. The molecule has 7 nitrogen and oxygen atoms in total. The van der Waals surface area contributed by atoms with Crippen LogP contribution in [0.4, 0.5) is 5.82 Å². The highest BCUT2D eigenvalue weighted by Gasteiger charge is 2.22. The van der Waals surface area contributed by atoms with Gasteiger partial charge in [0.05, 0.1) is 19.8 Å². The van der Waals surface area contributed by atoms with Crippen molar-refractivity contribution >= 4 is 11.7 Å². The average Bonchev–Trinajstić information content (AvgIpc) is 2.47.